The molecule has 2 aromatic rings. The van der Waals surface area contributed by atoms with Gasteiger partial charge < -0.3 is 19.9 Å². The lowest BCUT2D eigenvalue weighted by molar-refractivity contribution is -0.676. The molecule has 0 saturated heterocycles. The second-order valence-electron chi connectivity index (χ2n) is 8.00. The van der Waals surface area contributed by atoms with Gasteiger partial charge in [0, 0.05) is 11.1 Å². The number of rotatable bonds is 8. The Morgan fingerprint density at radius 1 is 1.07 bits per heavy atom. The highest BCUT2D eigenvalue weighted by Gasteiger charge is 2.30. The van der Waals surface area contributed by atoms with Gasteiger partial charge in [-0.2, -0.15) is 13.2 Å². The second kappa shape index (κ2) is 9.50. The Balaban J connectivity index is 1.89. The van der Waals surface area contributed by atoms with E-state index in [1.807, 2.05) is 12.1 Å². The van der Waals surface area contributed by atoms with E-state index in [1.165, 1.54) is 6.07 Å². The van der Waals surface area contributed by atoms with Crippen molar-refractivity contribution in [2.75, 3.05) is 20.3 Å². The smallest absolute Gasteiger partial charge is 0.416 e. The molecule has 0 aliphatic rings. The van der Waals surface area contributed by atoms with Gasteiger partial charge in [0.25, 0.3) is 0 Å². The molecule has 0 heterocycles. The molecule has 0 fully saturated rings. The average Bonchev–Trinajstić information content (AvgIpc) is 2.65. The van der Waals surface area contributed by atoms with E-state index in [4.69, 9.17) is 9.47 Å². The van der Waals surface area contributed by atoms with Crippen molar-refractivity contribution in [3.63, 3.8) is 0 Å². The molecule has 1 atom stereocenters. The number of methoxy groups -OCH3 is 1. The lowest BCUT2D eigenvalue weighted by atomic mass is 9.86. The van der Waals surface area contributed by atoms with Gasteiger partial charge in [-0.3, -0.25) is 0 Å². The highest BCUT2D eigenvalue weighted by atomic mass is 19.4. The minimum Gasteiger partial charge on any atom is -0.497 e. The highest BCUT2D eigenvalue weighted by Crippen LogP contribution is 2.34. The lowest BCUT2D eigenvalue weighted by Gasteiger charge is -2.24. The molecule has 3 N–H and O–H groups in total. The zero-order chi connectivity index (χ0) is 21.7. The minimum atomic E-state index is -4.35. The average molecular weight is 412 g/mol. The summed E-state index contributed by atoms with van der Waals surface area (Å²) >= 11 is 0. The zero-order valence-corrected chi connectivity index (χ0v) is 17.2. The predicted octanol–water partition coefficient (Wildman–Crippen LogP) is 3.51. The topological polar surface area (TPSA) is 55.3 Å². The summed E-state index contributed by atoms with van der Waals surface area (Å²) in [5, 5.41) is 12.0. The number of halogens is 3. The number of nitrogens with two attached hydrogens (primary N) is 1. The van der Waals surface area contributed by atoms with Crippen LogP contribution in [0.1, 0.15) is 37.5 Å². The van der Waals surface area contributed by atoms with Crippen LogP contribution in [0.2, 0.25) is 0 Å². The van der Waals surface area contributed by atoms with Crippen LogP contribution in [0.15, 0.2) is 42.5 Å². The van der Waals surface area contributed by atoms with Gasteiger partial charge >= 0.3 is 6.18 Å². The van der Waals surface area contributed by atoms with Gasteiger partial charge in [0.2, 0.25) is 0 Å². The van der Waals surface area contributed by atoms with Crippen LogP contribution in [0.4, 0.5) is 13.2 Å². The van der Waals surface area contributed by atoms with Crippen molar-refractivity contribution in [3.8, 4) is 11.5 Å². The quantitative estimate of drug-likeness (QED) is 0.698. The van der Waals surface area contributed by atoms with Crippen molar-refractivity contribution in [2.45, 2.75) is 45.0 Å². The third-order valence-electron chi connectivity index (χ3n) is 4.50. The van der Waals surface area contributed by atoms with Crippen LogP contribution >= 0.6 is 0 Å². The van der Waals surface area contributed by atoms with Crippen molar-refractivity contribution in [2.24, 2.45) is 0 Å². The fourth-order valence-electron chi connectivity index (χ4n) is 2.92. The highest BCUT2D eigenvalue weighted by molar-refractivity contribution is 5.44. The molecule has 29 heavy (non-hydrogen) atoms. The Morgan fingerprint density at radius 3 is 2.41 bits per heavy atom. The van der Waals surface area contributed by atoms with Crippen molar-refractivity contribution < 1.29 is 33.1 Å². The molecular formula is C22H29F3NO3+. The van der Waals surface area contributed by atoms with Crippen molar-refractivity contribution in [1.29, 1.82) is 0 Å². The maximum Gasteiger partial charge on any atom is 0.416 e. The van der Waals surface area contributed by atoms with Gasteiger partial charge in [0.1, 0.15) is 37.3 Å². The molecule has 0 spiro atoms. The number of hydrogen-bond acceptors (Lipinski definition) is 3. The molecule has 0 saturated carbocycles. The third kappa shape index (κ3) is 6.94. The summed E-state index contributed by atoms with van der Waals surface area (Å²) < 4.78 is 49.4. The van der Waals surface area contributed by atoms with Crippen LogP contribution in [0.3, 0.4) is 0 Å². The molecule has 2 aromatic carbocycles. The van der Waals surface area contributed by atoms with E-state index in [0.717, 1.165) is 23.4 Å². The normalized spacial score (nSPS) is 13.2. The maximum atomic E-state index is 12.8. The van der Waals surface area contributed by atoms with Gasteiger partial charge in [0.05, 0.1) is 12.7 Å². The van der Waals surface area contributed by atoms with Gasteiger partial charge in [-0.1, -0.05) is 32.9 Å². The Kier molecular flexibility index (Phi) is 7.54. The number of ether oxygens (including phenoxy) is 2. The number of benzene rings is 2. The van der Waals surface area contributed by atoms with Crippen LogP contribution in [0.5, 0.6) is 11.5 Å². The second-order valence-corrected chi connectivity index (χ2v) is 8.00. The summed E-state index contributed by atoms with van der Waals surface area (Å²) in [6, 6.07) is 10.8. The fraction of sp³-hybridized carbons (Fsp3) is 0.455. The number of alkyl halides is 3. The molecule has 160 valence electrons. The maximum absolute atomic E-state index is 12.8. The summed E-state index contributed by atoms with van der Waals surface area (Å²) in [5.41, 5.74) is 0.696. The summed E-state index contributed by atoms with van der Waals surface area (Å²) in [7, 11) is 1.60. The van der Waals surface area contributed by atoms with Crippen molar-refractivity contribution >= 4 is 0 Å². The molecule has 0 amide bonds. The zero-order valence-electron chi connectivity index (χ0n) is 17.2. The summed E-state index contributed by atoms with van der Waals surface area (Å²) in [6.45, 7) is 6.94. The Morgan fingerprint density at radius 2 is 1.79 bits per heavy atom. The molecule has 2 rings (SSSR count). The van der Waals surface area contributed by atoms with Gasteiger partial charge in [-0.15, -0.1) is 0 Å². The van der Waals surface area contributed by atoms with Crippen LogP contribution < -0.4 is 14.8 Å². The van der Waals surface area contributed by atoms with E-state index < -0.39 is 17.8 Å². The first-order valence-corrected chi connectivity index (χ1v) is 9.48. The van der Waals surface area contributed by atoms with Crippen molar-refractivity contribution in [3.05, 3.63) is 59.2 Å². The standard InChI is InChI=1S/C22H28F3NO3/c1-21(2,3)19-11-18(28-4)8-9-20(19)29-14-17(27)13-26-12-15-6-5-7-16(10-15)22(23,24)25/h5-11,17,26-27H,12-14H2,1-4H3/p+1/t17-/m1/s1. The molecular weight excluding hydrogens is 383 g/mol. The van der Waals surface area contributed by atoms with Crippen LogP contribution in [-0.2, 0) is 18.1 Å². The van der Waals surface area contributed by atoms with Crippen LogP contribution in [0.25, 0.3) is 0 Å². The SMILES string of the molecule is COc1ccc(OC[C@H](O)C[NH2+]Cc2cccc(C(F)(F)F)c2)c(C(C)(C)C)c1. The molecule has 0 aliphatic carbocycles. The van der Waals surface area contributed by atoms with E-state index in [2.05, 4.69) is 20.8 Å². The minimum absolute atomic E-state index is 0.0918. The molecule has 0 aliphatic heterocycles. The first kappa shape index (κ1) is 23.0. The van der Waals surface area contributed by atoms with Gasteiger partial charge in [0.15, 0.2) is 0 Å². The summed E-state index contributed by atoms with van der Waals surface area (Å²) in [6.07, 6.45) is -5.11. The monoisotopic (exact) mass is 412 g/mol. The Labute approximate surface area is 169 Å². The number of quaternary nitrogens is 1. The number of aliphatic hydroxyl groups is 1. The summed E-state index contributed by atoms with van der Waals surface area (Å²) in [5.74, 6) is 1.41. The predicted molar refractivity (Wildman–Crippen MR) is 105 cm³/mol. The van der Waals surface area contributed by atoms with E-state index in [1.54, 1.807) is 24.6 Å². The largest absolute Gasteiger partial charge is 0.497 e. The van der Waals surface area contributed by atoms with Crippen molar-refractivity contribution in [1.82, 2.24) is 0 Å². The number of hydrogen-bond donors (Lipinski definition) is 2. The van der Waals surface area contributed by atoms with Crippen LogP contribution in [0, 0.1) is 0 Å². The van der Waals surface area contributed by atoms with Crippen LogP contribution in [-0.4, -0.2) is 31.5 Å². The van der Waals surface area contributed by atoms with E-state index in [9.17, 15) is 18.3 Å². The van der Waals surface area contributed by atoms with E-state index >= 15 is 0 Å². The molecule has 0 aromatic heterocycles. The first-order valence-electron chi connectivity index (χ1n) is 9.48. The summed E-state index contributed by atoms with van der Waals surface area (Å²) in [4.78, 5) is 0. The molecule has 0 bridgehead atoms. The number of aliphatic hydroxyl groups excluding tert-OH is 1. The van der Waals surface area contributed by atoms with E-state index in [0.29, 0.717) is 24.4 Å². The fourth-order valence-corrected chi connectivity index (χ4v) is 2.92. The lowest BCUT2D eigenvalue weighted by Crippen LogP contribution is -2.85. The third-order valence-corrected chi connectivity index (χ3v) is 4.50. The first-order chi connectivity index (χ1) is 13.5. The molecule has 7 heteroatoms. The molecule has 0 radical (unpaired) electrons. The Bertz CT molecular complexity index is 801. The molecule has 0 unspecified atom stereocenters. The van der Waals surface area contributed by atoms with Gasteiger partial charge in [-0.05, 0) is 35.7 Å². The van der Waals surface area contributed by atoms with Gasteiger partial charge in [-0.25, -0.2) is 0 Å². The Hall–Kier alpha value is -2.25. The van der Waals surface area contributed by atoms with E-state index in [-0.39, 0.29) is 12.0 Å². The molecule has 4 nitrogen and oxygen atoms in total.